The van der Waals surface area contributed by atoms with Crippen molar-refractivity contribution in [1.29, 1.82) is 0 Å². The van der Waals surface area contributed by atoms with Crippen LogP contribution >= 0.6 is 0 Å². The van der Waals surface area contributed by atoms with Gasteiger partial charge in [-0.15, -0.1) is 0 Å². The number of rotatable bonds is 2. The van der Waals surface area contributed by atoms with Crippen molar-refractivity contribution >= 4 is 5.78 Å². The summed E-state index contributed by atoms with van der Waals surface area (Å²) in [5.74, 6) is 0.0529. The highest BCUT2D eigenvalue weighted by molar-refractivity contribution is 5.81. The smallest absolute Gasteiger partial charge is 0.325 e. The minimum absolute atomic E-state index is 0.0453. The number of carbonyl (C=O) groups is 1. The normalized spacial score (nSPS) is 21.9. The van der Waals surface area contributed by atoms with E-state index in [0.29, 0.717) is 18.5 Å². The van der Waals surface area contributed by atoms with E-state index in [4.69, 9.17) is 0 Å². The van der Waals surface area contributed by atoms with E-state index in [2.05, 4.69) is 9.97 Å². The lowest BCUT2D eigenvalue weighted by atomic mass is 9.85. The Kier molecular flexibility index (Phi) is 2.62. The lowest BCUT2D eigenvalue weighted by Gasteiger charge is -2.19. The number of Topliss-reactive ketones (excluding diaryl/α,β-unsaturated/α-hetero) is 1. The van der Waals surface area contributed by atoms with E-state index < -0.39 is 5.69 Å². The van der Waals surface area contributed by atoms with Gasteiger partial charge in [0, 0.05) is 18.8 Å². The molecule has 3 N–H and O–H groups in total. The minimum Gasteiger partial charge on any atom is -0.493 e. The topological polar surface area (TPSA) is 86.0 Å². The van der Waals surface area contributed by atoms with Gasteiger partial charge in [0.15, 0.2) is 0 Å². The first kappa shape index (κ1) is 10.0. The summed E-state index contributed by atoms with van der Waals surface area (Å²) in [6, 6.07) is 0. The number of aromatic nitrogens is 2. The molecule has 1 fully saturated rings. The second-order valence-corrected chi connectivity index (χ2v) is 4.02. The number of ketones is 1. The maximum atomic E-state index is 11.5. The van der Waals surface area contributed by atoms with Crippen molar-refractivity contribution in [1.82, 2.24) is 9.97 Å². The molecule has 0 spiro atoms. The Morgan fingerprint density at radius 2 is 2.07 bits per heavy atom. The molecule has 5 heteroatoms. The van der Waals surface area contributed by atoms with Crippen molar-refractivity contribution in [3.63, 3.8) is 0 Å². The molecule has 0 aromatic carbocycles. The quantitative estimate of drug-likeness (QED) is 0.672. The summed E-state index contributed by atoms with van der Waals surface area (Å²) in [5.41, 5.74) is 0.0195. The van der Waals surface area contributed by atoms with Crippen LogP contribution in [0.15, 0.2) is 4.79 Å². The molecule has 1 aromatic rings. The molecule has 0 radical (unpaired) electrons. The molecule has 0 saturated heterocycles. The molecular weight excluding hydrogens is 196 g/mol. The fourth-order valence-electron chi connectivity index (χ4n) is 2.08. The van der Waals surface area contributed by atoms with E-state index in [0.717, 1.165) is 19.3 Å². The summed E-state index contributed by atoms with van der Waals surface area (Å²) in [6.07, 6.45) is 3.92. The molecule has 15 heavy (non-hydrogen) atoms. The van der Waals surface area contributed by atoms with Gasteiger partial charge in [-0.3, -0.25) is 9.78 Å². The number of hydrogen-bond acceptors (Lipinski definition) is 3. The highest BCUT2D eigenvalue weighted by Crippen LogP contribution is 2.25. The molecule has 82 valence electrons. The van der Waals surface area contributed by atoms with Gasteiger partial charge in [0.1, 0.15) is 5.78 Å². The summed E-state index contributed by atoms with van der Waals surface area (Å²) in [4.78, 5) is 27.2. The summed E-state index contributed by atoms with van der Waals surface area (Å²) < 4.78 is 0. The van der Waals surface area contributed by atoms with Gasteiger partial charge in [-0.1, -0.05) is 6.42 Å². The van der Waals surface area contributed by atoms with E-state index >= 15 is 0 Å². The first-order valence-electron chi connectivity index (χ1n) is 5.19. The van der Waals surface area contributed by atoms with Gasteiger partial charge >= 0.3 is 5.69 Å². The molecule has 0 bridgehead atoms. The first-order chi connectivity index (χ1) is 7.16. The standard InChI is InChI=1S/C10H14N2O3/c13-8-4-2-1-3-6(8)5-7-9(14)12-10(15)11-7/h6,14H,1-5H2,(H2,11,12,15). The predicted molar refractivity (Wildman–Crippen MR) is 53.7 cm³/mol. The Balaban J connectivity index is 2.10. The van der Waals surface area contributed by atoms with Gasteiger partial charge in [0.05, 0.1) is 5.69 Å². The lowest BCUT2D eigenvalue weighted by molar-refractivity contribution is -0.124. The van der Waals surface area contributed by atoms with Crippen molar-refractivity contribution in [3.05, 3.63) is 16.2 Å². The molecule has 1 aliphatic rings. The number of H-pyrrole nitrogens is 2. The van der Waals surface area contributed by atoms with E-state index in [1.807, 2.05) is 0 Å². The fourth-order valence-corrected chi connectivity index (χ4v) is 2.08. The van der Waals surface area contributed by atoms with Crippen molar-refractivity contribution in [2.75, 3.05) is 0 Å². The third-order valence-corrected chi connectivity index (χ3v) is 2.91. The maximum absolute atomic E-state index is 11.5. The van der Waals surface area contributed by atoms with Gasteiger partial charge in [0.2, 0.25) is 5.88 Å². The molecule has 0 amide bonds. The van der Waals surface area contributed by atoms with Gasteiger partial charge < -0.3 is 10.1 Å². The summed E-state index contributed by atoms with van der Waals surface area (Å²) in [6.45, 7) is 0. The molecule has 5 nitrogen and oxygen atoms in total. The molecule has 1 heterocycles. The number of imidazole rings is 1. The second kappa shape index (κ2) is 3.92. The number of carbonyl (C=O) groups excluding carboxylic acids is 1. The van der Waals surface area contributed by atoms with Crippen LogP contribution in [-0.2, 0) is 11.2 Å². The molecule has 1 unspecified atom stereocenters. The number of nitrogens with one attached hydrogen (secondary N) is 2. The van der Waals surface area contributed by atoms with Crippen LogP contribution in [0.4, 0.5) is 0 Å². The highest BCUT2D eigenvalue weighted by atomic mass is 16.3. The third-order valence-electron chi connectivity index (χ3n) is 2.91. The third kappa shape index (κ3) is 2.11. The van der Waals surface area contributed by atoms with Crippen LogP contribution in [0.1, 0.15) is 31.4 Å². The van der Waals surface area contributed by atoms with Crippen LogP contribution in [0.2, 0.25) is 0 Å². The zero-order chi connectivity index (χ0) is 10.8. The monoisotopic (exact) mass is 210 g/mol. The Labute approximate surface area is 86.5 Å². The average molecular weight is 210 g/mol. The van der Waals surface area contributed by atoms with Crippen LogP contribution < -0.4 is 5.69 Å². The number of aromatic hydroxyl groups is 1. The van der Waals surface area contributed by atoms with Crippen LogP contribution in [0.25, 0.3) is 0 Å². The fraction of sp³-hybridized carbons (Fsp3) is 0.600. The van der Waals surface area contributed by atoms with E-state index in [1.165, 1.54) is 0 Å². The molecular formula is C10H14N2O3. The summed E-state index contributed by atoms with van der Waals surface area (Å²) in [5, 5.41) is 9.35. The van der Waals surface area contributed by atoms with Gasteiger partial charge in [-0.2, -0.15) is 0 Å². The van der Waals surface area contributed by atoms with Crippen LogP contribution in [0.5, 0.6) is 5.88 Å². The van der Waals surface area contributed by atoms with Gasteiger partial charge in [-0.05, 0) is 12.8 Å². The van der Waals surface area contributed by atoms with Gasteiger partial charge in [0.25, 0.3) is 0 Å². The average Bonchev–Trinajstić information content (AvgIpc) is 2.49. The molecule has 1 saturated carbocycles. The Bertz CT molecular complexity index is 419. The zero-order valence-electron chi connectivity index (χ0n) is 8.38. The molecule has 2 rings (SSSR count). The largest absolute Gasteiger partial charge is 0.493 e. The SMILES string of the molecule is O=C1CCCCC1Cc1[nH]c(=O)[nH]c1O. The second-order valence-electron chi connectivity index (χ2n) is 4.02. The first-order valence-corrected chi connectivity index (χ1v) is 5.19. The number of hydrogen-bond donors (Lipinski definition) is 3. The van der Waals surface area contributed by atoms with Gasteiger partial charge in [-0.25, -0.2) is 4.79 Å². The number of aromatic amines is 2. The maximum Gasteiger partial charge on any atom is 0.325 e. The highest BCUT2D eigenvalue weighted by Gasteiger charge is 2.24. The van der Waals surface area contributed by atoms with E-state index in [-0.39, 0.29) is 17.6 Å². The predicted octanol–water partition coefficient (Wildman–Crippen LogP) is 0.710. The zero-order valence-corrected chi connectivity index (χ0v) is 8.38. The van der Waals surface area contributed by atoms with Crippen molar-refractivity contribution in [3.8, 4) is 5.88 Å². The van der Waals surface area contributed by atoms with Crippen molar-refractivity contribution in [2.45, 2.75) is 32.1 Å². The Hall–Kier alpha value is -1.52. The summed E-state index contributed by atoms with van der Waals surface area (Å²) >= 11 is 0. The molecule has 0 aliphatic heterocycles. The molecule has 1 aromatic heterocycles. The Morgan fingerprint density at radius 1 is 1.27 bits per heavy atom. The van der Waals surface area contributed by atoms with E-state index in [1.54, 1.807) is 0 Å². The summed E-state index contributed by atoms with van der Waals surface area (Å²) in [7, 11) is 0. The van der Waals surface area contributed by atoms with Crippen LogP contribution in [0.3, 0.4) is 0 Å². The molecule has 1 aliphatic carbocycles. The van der Waals surface area contributed by atoms with Crippen molar-refractivity contribution < 1.29 is 9.90 Å². The van der Waals surface area contributed by atoms with E-state index in [9.17, 15) is 14.7 Å². The van der Waals surface area contributed by atoms with Crippen molar-refractivity contribution in [2.24, 2.45) is 5.92 Å². The molecule has 1 atom stereocenters. The minimum atomic E-state index is -0.425. The van der Waals surface area contributed by atoms with Crippen LogP contribution in [0, 0.1) is 5.92 Å². The lowest BCUT2D eigenvalue weighted by Crippen LogP contribution is -2.21. The Morgan fingerprint density at radius 3 is 2.67 bits per heavy atom. The van der Waals surface area contributed by atoms with Crippen LogP contribution in [-0.4, -0.2) is 20.9 Å².